The highest BCUT2D eigenvalue weighted by Crippen LogP contribution is 2.25. The van der Waals surface area contributed by atoms with E-state index in [0.717, 1.165) is 31.5 Å². The molecule has 1 saturated heterocycles. The molecule has 0 aliphatic carbocycles. The smallest absolute Gasteiger partial charge is 0.317 e. The maximum Gasteiger partial charge on any atom is 0.317 e. The maximum absolute atomic E-state index is 12.4. The fourth-order valence-corrected chi connectivity index (χ4v) is 3.01. The van der Waals surface area contributed by atoms with Gasteiger partial charge in [0.05, 0.1) is 16.1 Å². The van der Waals surface area contributed by atoms with Gasteiger partial charge in [0.1, 0.15) is 0 Å². The standard InChI is InChI=1S/C16H23Cl2N3O/c1-11(12-4-5-14(17)15(18)10-12)19-16(22)21(3)13-6-8-20(2)9-7-13/h4-5,10-11,13H,6-9H2,1-3H3,(H,19,22). The van der Waals surface area contributed by atoms with Crippen LogP contribution in [-0.2, 0) is 0 Å². The summed E-state index contributed by atoms with van der Waals surface area (Å²) in [7, 11) is 3.98. The Hall–Kier alpha value is -0.970. The van der Waals surface area contributed by atoms with E-state index in [9.17, 15) is 4.79 Å². The molecule has 0 bridgehead atoms. The highest BCUT2D eigenvalue weighted by molar-refractivity contribution is 6.42. The van der Waals surface area contributed by atoms with E-state index < -0.39 is 0 Å². The number of piperidine rings is 1. The molecule has 0 aromatic heterocycles. The number of benzene rings is 1. The number of hydrogen-bond donors (Lipinski definition) is 1. The zero-order chi connectivity index (χ0) is 16.3. The first-order valence-electron chi connectivity index (χ1n) is 7.55. The minimum Gasteiger partial charge on any atom is -0.331 e. The number of urea groups is 1. The molecule has 1 unspecified atom stereocenters. The van der Waals surface area contributed by atoms with Gasteiger partial charge in [0.15, 0.2) is 0 Å². The molecule has 0 radical (unpaired) electrons. The van der Waals surface area contributed by atoms with Crippen molar-refractivity contribution < 1.29 is 4.79 Å². The van der Waals surface area contributed by atoms with Crippen LogP contribution in [0, 0.1) is 0 Å². The molecule has 1 aliphatic heterocycles. The van der Waals surface area contributed by atoms with Crippen LogP contribution in [-0.4, -0.2) is 49.1 Å². The Morgan fingerprint density at radius 3 is 2.55 bits per heavy atom. The van der Waals surface area contributed by atoms with Gasteiger partial charge >= 0.3 is 6.03 Å². The predicted molar refractivity (Wildman–Crippen MR) is 91.7 cm³/mol. The summed E-state index contributed by atoms with van der Waals surface area (Å²) >= 11 is 12.0. The summed E-state index contributed by atoms with van der Waals surface area (Å²) in [6.45, 7) is 4.01. The summed E-state index contributed by atoms with van der Waals surface area (Å²) in [5.74, 6) is 0. The van der Waals surface area contributed by atoms with Crippen molar-refractivity contribution in [2.24, 2.45) is 0 Å². The van der Waals surface area contributed by atoms with Gasteiger partial charge < -0.3 is 15.1 Å². The molecule has 0 saturated carbocycles. The lowest BCUT2D eigenvalue weighted by Crippen LogP contribution is -2.48. The van der Waals surface area contributed by atoms with E-state index in [1.54, 1.807) is 12.1 Å². The van der Waals surface area contributed by atoms with Gasteiger partial charge in [-0.15, -0.1) is 0 Å². The average molecular weight is 344 g/mol. The SMILES string of the molecule is CC(NC(=O)N(C)C1CCN(C)CC1)c1ccc(Cl)c(Cl)c1. The van der Waals surface area contributed by atoms with E-state index >= 15 is 0 Å². The predicted octanol–water partition coefficient (Wildman–Crippen LogP) is 3.79. The first-order valence-corrected chi connectivity index (χ1v) is 8.31. The van der Waals surface area contributed by atoms with E-state index in [1.807, 2.05) is 24.9 Å². The number of likely N-dealkylation sites (tertiary alicyclic amines) is 1. The van der Waals surface area contributed by atoms with Gasteiger partial charge in [-0.3, -0.25) is 0 Å². The molecule has 1 heterocycles. The van der Waals surface area contributed by atoms with Crippen molar-refractivity contribution in [1.82, 2.24) is 15.1 Å². The third kappa shape index (κ3) is 4.28. The number of nitrogens with zero attached hydrogens (tertiary/aromatic N) is 2. The number of amides is 2. The van der Waals surface area contributed by atoms with Gasteiger partial charge in [0.2, 0.25) is 0 Å². The van der Waals surface area contributed by atoms with Crippen molar-refractivity contribution >= 4 is 29.2 Å². The molecule has 2 amide bonds. The van der Waals surface area contributed by atoms with Gasteiger partial charge in [-0.2, -0.15) is 0 Å². The van der Waals surface area contributed by atoms with Crippen LogP contribution in [0.15, 0.2) is 18.2 Å². The number of rotatable bonds is 3. The van der Waals surface area contributed by atoms with Crippen LogP contribution in [0.5, 0.6) is 0 Å². The van der Waals surface area contributed by atoms with Gasteiger partial charge in [-0.1, -0.05) is 29.3 Å². The van der Waals surface area contributed by atoms with Crippen LogP contribution < -0.4 is 5.32 Å². The lowest BCUT2D eigenvalue weighted by Gasteiger charge is -2.35. The molecule has 1 fully saturated rings. The number of carbonyl (C=O) groups excluding carboxylic acids is 1. The fraction of sp³-hybridized carbons (Fsp3) is 0.562. The Bertz CT molecular complexity index is 530. The van der Waals surface area contributed by atoms with Crippen molar-refractivity contribution in [1.29, 1.82) is 0 Å². The van der Waals surface area contributed by atoms with E-state index in [1.165, 1.54) is 0 Å². The third-order valence-electron chi connectivity index (χ3n) is 4.34. The van der Waals surface area contributed by atoms with Gasteiger partial charge in [0.25, 0.3) is 0 Å². The third-order valence-corrected chi connectivity index (χ3v) is 5.08. The Labute approximate surface area is 142 Å². The average Bonchev–Trinajstić information content (AvgIpc) is 2.50. The minimum atomic E-state index is -0.115. The van der Waals surface area contributed by atoms with Crippen molar-refractivity contribution in [3.05, 3.63) is 33.8 Å². The molecule has 6 heteroatoms. The van der Waals surface area contributed by atoms with Gasteiger partial charge in [-0.25, -0.2) is 4.79 Å². The summed E-state index contributed by atoms with van der Waals surface area (Å²) < 4.78 is 0. The zero-order valence-corrected chi connectivity index (χ0v) is 14.8. The Balaban J connectivity index is 1.94. The van der Waals surface area contributed by atoms with E-state index in [4.69, 9.17) is 23.2 Å². The second kappa shape index (κ2) is 7.53. The summed E-state index contributed by atoms with van der Waals surface area (Å²) in [5, 5.41) is 4.05. The Morgan fingerprint density at radius 2 is 1.95 bits per heavy atom. The quantitative estimate of drug-likeness (QED) is 0.906. The van der Waals surface area contributed by atoms with Crippen LogP contribution in [0.25, 0.3) is 0 Å². The van der Waals surface area contributed by atoms with E-state index in [2.05, 4.69) is 17.3 Å². The van der Waals surface area contributed by atoms with Crippen molar-refractivity contribution in [2.75, 3.05) is 27.2 Å². The number of halogens is 2. The molecule has 1 aromatic carbocycles. The molecule has 1 N–H and O–H groups in total. The number of hydrogen-bond acceptors (Lipinski definition) is 2. The Kier molecular flexibility index (Phi) is 5.95. The minimum absolute atomic E-state index is 0.0480. The summed E-state index contributed by atoms with van der Waals surface area (Å²) in [5.41, 5.74) is 0.944. The molecule has 1 aliphatic rings. The van der Waals surface area contributed by atoms with Crippen LogP contribution in [0.3, 0.4) is 0 Å². The molecule has 22 heavy (non-hydrogen) atoms. The first kappa shape index (κ1) is 17.4. The molecule has 1 aromatic rings. The lowest BCUT2D eigenvalue weighted by atomic mass is 10.0. The first-order chi connectivity index (χ1) is 10.4. The van der Waals surface area contributed by atoms with Gasteiger partial charge in [0, 0.05) is 13.1 Å². The zero-order valence-electron chi connectivity index (χ0n) is 13.3. The number of nitrogens with one attached hydrogen (secondary N) is 1. The summed E-state index contributed by atoms with van der Waals surface area (Å²) in [6, 6.07) is 5.57. The maximum atomic E-state index is 12.4. The molecule has 0 spiro atoms. The second-order valence-corrected chi connectivity index (χ2v) is 6.80. The topological polar surface area (TPSA) is 35.6 Å². The van der Waals surface area contributed by atoms with Crippen molar-refractivity contribution in [2.45, 2.75) is 31.8 Å². The van der Waals surface area contributed by atoms with E-state index in [-0.39, 0.29) is 12.1 Å². The molecule has 2 rings (SSSR count). The molecular weight excluding hydrogens is 321 g/mol. The molecule has 1 atom stereocenters. The van der Waals surface area contributed by atoms with Crippen LogP contribution >= 0.6 is 23.2 Å². The second-order valence-electron chi connectivity index (χ2n) is 5.99. The van der Waals surface area contributed by atoms with Crippen LogP contribution in [0.4, 0.5) is 4.79 Å². The Morgan fingerprint density at radius 1 is 1.32 bits per heavy atom. The monoisotopic (exact) mass is 343 g/mol. The molecule has 4 nitrogen and oxygen atoms in total. The van der Waals surface area contributed by atoms with Crippen LogP contribution in [0.2, 0.25) is 10.0 Å². The lowest BCUT2D eigenvalue weighted by molar-refractivity contribution is 0.146. The summed E-state index contributed by atoms with van der Waals surface area (Å²) in [6.07, 6.45) is 2.03. The van der Waals surface area contributed by atoms with E-state index in [0.29, 0.717) is 16.1 Å². The van der Waals surface area contributed by atoms with Crippen LogP contribution in [0.1, 0.15) is 31.4 Å². The normalized spacial score (nSPS) is 18.0. The molecular formula is C16H23Cl2N3O. The highest BCUT2D eigenvalue weighted by Gasteiger charge is 2.24. The summed E-state index contributed by atoms with van der Waals surface area (Å²) in [4.78, 5) is 16.5. The highest BCUT2D eigenvalue weighted by atomic mass is 35.5. The fourth-order valence-electron chi connectivity index (χ4n) is 2.70. The number of carbonyl (C=O) groups is 1. The largest absolute Gasteiger partial charge is 0.331 e. The van der Waals surface area contributed by atoms with Crippen molar-refractivity contribution in [3.8, 4) is 0 Å². The van der Waals surface area contributed by atoms with Gasteiger partial charge in [-0.05, 0) is 57.6 Å². The van der Waals surface area contributed by atoms with Crippen molar-refractivity contribution in [3.63, 3.8) is 0 Å². The molecule has 122 valence electrons.